The topological polar surface area (TPSA) is 57.8 Å². The summed E-state index contributed by atoms with van der Waals surface area (Å²) < 4.78 is 0. The first kappa shape index (κ1) is 11.6. The van der Waals surface area contributed by atoms with Crippen LogP contribution in [0.3, 0.4) is 0 Å². The first-order valence-corrected chi connectivity index (χ1v) is 5.81. The van der Waals surface area contributed by atoms with Crippen LogP contribution in [0.5, 0.6) is 0 Å². The molecule has 2 aromatic rings. The number of aromatic nitrogens is 2. The molecule has 4 heteroatoms. The number of pyridine rings is 2. The summed E-state index contributed by atoms with van der Waals surface area (Å²) in [5.74, 6) is 0.501. The zero-order valence-electron chi connectivity index (χ0n) is 10.3. The molecular formula is C13H17N3O. The van der Waals surface area contributed by atoms with Gasteiger partial charge in [0.05, 0.1) is 11.2 Å². The van der Waals surface area contributed by atoms with Gasteiger partial charge in [0.1, 0.15) is 0 Å². The highest BCUT2D eigenvalue weighted by Gasteiger charge is 2.09. The van der Waals surface area contributed by atoms with Gasteiger partial charge < -0.3 is 10.3 Å². The lowest BCUT2D eigenvalue weighted by atomic mass is 10.1. The second-order valence-electron chi connectivity index (χ2n) is 4.65. The number of H-pyrrole nitrogens is 1. The van der Waals surface area contributed by atoms with Gasteiger partial charge in [0.25, 0.3) is 0 Å². The van der Waals surface area contributed by atoms with Crippen LogP contribution in [0.2, 0.25) is 0 Å². The smallest absolute Gasteiger partial charge is 0.250 e. The molecule has 0 fully saturated rings. The number of hydrogen-bond acceptors (Lipinski definition) is 3. The molecule has 0 radical (unpaired) electrons. The number of hydrogen-bond donors (Lipinski definition) is 2. The average molecular weight is 231 g/mol. The zero-order chi connectivity index (χ0) is 12.4. The molecular weight excluding hydrogens is 214 g/mol. The Hall–Kier alpha value is -1.84. The lowest BCUT2D eigenvalue weighted by molar-refractivity contribution is 0.560. The highest BCUT2D eigenvalue weighted by molar-refractivity contribution is 5.90. The van der Waals surface area contributed by atoms with Crippen molar-refractivity contribution in [3.05, 3.63) is 34.9 Å². The Labute approximate surface area is 100 Å². The lowest BCUT2D eigenvalue weighted by Gasteiger charge is -2.19. The van der Waals surface area contributed by atoms with E-state index in [4.69, 9.17) is 0 Å². The lowest BCUT2D eigenvalue weighted by Crippen LogP contribution is -2.22. The predicted octanol–water partition coefficient (Wildman–Crippen LogP) is 2.38. The van der Waals surface area contributed by atoms with Gasteiger partial charge in [0.15, 0.2) is 0 Å². The van der Waals surface area contributed by atoms with Crippen molar-refractivity contribution in [2.45, 2.75) is 26.8 Å². The summed E-state index contributed by atoms with van der Waals surface area (Å²) in [6.45, 7) is 6.39. The van der Waals surface area contributed by atoms with Crippen molar-refractivity contribution >= 4 is 16.6 Å². The zero-order valence-corrected chi connectivity index (χ0v) is 10.3. The van der Waals surface area contributed by atoms with E-state index in [-0.39, 0.29) is 5.56 Å². The molecule has 0 amide bonds. The summed E-state index contributed by atoms with van der Waals surface area (Å²) in [5, 5.41) is 4.31. The number of rotatable bonds is 3. The van der Waals surface area contributed by atoms with Gasteiger partial charge in [-0.15, -0.1) is 0 Å². The number of aromatic amines is 1. The highest BCUT2D eigenvalue weighted by atomic mass is 16.1. The molecule has 0 saturated heterocycles. The molecule has 2 rings (SSSR count). The van der Waals surface area contributed by atoms with E-state index in [1.54, 1.807) is 18.5 Å². The van der Waals surface area contributed by atoms with Crippen LogP contribution in [0.15, 0.2) is 29.3 Å². The molecule has 0 bridgehead atoms. The predicted molar refractivity (Wildman–Crippen MR) is 70.3 cm³/mol. The van der Waals surface area contributed by atoms with Crippen LogP contribution < -0.4 is 10.9 Å². The first-order valence-electron chi connectivity index (χ1n) is 5.81. The Bertz CT molecular complexity index is 574. The largest absolute Gasteiger partial charge is 0.382 e. The van der Waals surface area contributed by atoms with E-state index in [1.165, 1.54) is 0 Å². The minimum atomic E-state index is -0.0952. The van der Waals surface area contributed by atoms with Crippen molar-refractivity contribution in [2.75, 3.05) is 5.32 Å². The molecule has 0 aliphatic rings. The third kappa shape index (κ3) is 2.46. The standard InChI is InChI=1S/C13H17N3O/c1-8(2)9(3)15-12-6-13(17)16-11-4-5-14-7-10(11)12/h4-9H,1-3H3,(H2,15,16,17). The van der Waals surface area contributed by atoms with E-state index >= 15 is 0 Å². The van der Waals surface area contributed by atoms with Gasteiger partial charge >= 0.3 is 0 Å². The van der Waals surface area contributed by atoms with E-state index in [0.717, 1.165) is 16.6 Å². The summed E-state index contributed by atoms with van der Waals surface area (Å²) in [6.07, 6.45) is 3.44. The van der Waals surface area contributed by atoms with E-state index in [2.05, 4.69) is 36.1 Å². The van der Waals surface area contributed by atoms with Crippen LogP contribution in [0.25, 0.3) is 10.9 Å². The molecule has 4 nitrogen and oxygen atoms in total. The fourth-order valence-electron chi connectivity index (χ4n) is 1.63. The van der Waals surface area contributed by atoms with Gasteiger partial charge in [0, 0.05) is 29.9 Å². The van der Waals surface area contributed by atoms with Crippen molar-refractivity contribution in [2.24, 2.45) is 5.92 Å². The number of nitrogens with zero attached hydrogens (tertiary/aromatic N) is 1. The van der Waals surface area contributed by atoms with Crippen molar-refractivity contribution < 1.29 is 0 Å². The quantitative estimate of drug-likeness (QED) is 0.852. The minimum Gasteiger partial charge on any atom is -0.382 e. The normalized spacial score (nSPS) is 12.9. The molecule has 90 valence electrons. The molecule has 0 aromatic carbocycles. The van der Waals surface area contributed by atoms with E-state index in [1.807, 2.05) is 6.07 Å². The average Bonchev–Trinajstić information content (AvgIpc) is 2.28. The summed E-state index contributed by atoms with van der Waals surface area (Å²) >= 11 is 0. The number of anilines is 1. The summed E-state index contributed by atoms with van der Waals surface area (Å²) in [7, 11) is 0. The molecule has 0 saturated carbocycles. The van der Waals surface area contributed by atoms with Crippen LogP contribution in [-0.4, -0.2) is 16.0 Å². The van der Waals surface area contributed by atoms with Gasteiger partial charge in [-0.2, -0.15) is 0 Å². The van der Waals surface area contributed by atoms with E-state index in [0.29, 0.717) is 12.0 Å². The maximum Gasteiger partial charge on any atom is 0.250 e. The van der Waals surface area contributed by atoms with Crippen LogP contribution >= 0.6 is 0 Å². The third-order valence-electron chi connectivity index (χ3n) is 3.03. The Morgan fingerprint density at radius 2 is 2.12 bits per heavy atom. The third-order valence-corrected chi connectivity index (χ3v) is 3.03. The molecule has 0 spiro atoms. The van der Waals surface area contributed by atoms with Gasteiger partial charge in [-0.3, -0.25) is 9.78 Å². The molecule has 2 heterocycles. The molecule has 2 N–H and O–H groups in total. The maximum absolute atomic E-state index is 11.5. The molecule has 1 atom stereocenters. The van der Waals surface area contributed by atoms with Crippen molar-refractivity contribution in [1.29, 1.82) is 0 Å². The van der Waals surface area contributed by atoms with Gasteiger partial charge in [-0.25, -0.2) is 0 Å². The van der Waals surface area contributed by atoms with Crippen LogP contribution in [-0.2, 0) is 0 Å². The molecule has 0 aliphatic heterocycles. The van der Waals surface area contributed by atoms with Crippen LogP contribution in [0, 0.1) is 5.92 Å². The SMILES string of the molecule is CC(C)C(C)Nc1cc(=O)[nH]c2ccncc12. The van der Waals surface area contributed by atoms with Crippen LogP contribution in [0.1, 0.15) is 20.8 Å². The molecule has 1 unspecified atom stereocenters. The Morgan fingerprint density at radius 1 is 1.35 bits per heavy atom. The fraction of sp³-hybridized carbons (Fsp3) is 0.385. The molecule has 17 heavy (non-hydrogen) atoms. The minimum absolute atomic E-state index is 0.0952. The number of fused-ring (bicyclic) bond motifs is 1. The molecule has 0 aliphatic carbocycles. The Balaban J connectivity index is 2.49. The maximum atomic E-state index is 11.5. The fourth-order valence-corrected chi connectivity index (χ4v) is 1.63. The second-order valence-corrected chi connectivity index (χ2v) is 4.65. The first-order chi connectivity index (χ1) is 8.08. The van der Waals surface area contributed by atoms with E-state index in [9.17, 15) is 4.79 Å². The van der Waals surface area contributed by atoms with Gasteiger partial charge in [0.2, 0.25) is 5.56 Å². The van der Waals surface area contributed by atoms with Crippen LogP contribution in [0.4, 0.5) is 5.69 Å². The second kappa shape index (κ2) is 4.57. The van der Waals surface area contributed by atoms with Crippen molar-refractivity contribution in [1.82, 2.24) is 9.97 Å². The monoisotopic (exact) mass is 231 g/mol. The summed E-state index contributed by atoms with van der Waals surface area (Å²) in [5.41, 5.74) is 1.56. The van der Waals surface area contributed by atoms with Crippen molar-refractivity contribution in [3.63, 3.8) is 0 Å². The molecule has 2 aromatic heterocycles. The summed E-state index contributed by atoms with van der Waals surface area (Å²) in [4.78, 5) is 18.4. The summed E-state index contributed by atoms with van der Waals surface area (Å²) in [6, 6.07) is 3.70. The highest BCUT2D eigenvalue weighted by Crippen LogP contribution is 2.20. The number of nitrogens with one attached hydrogen (secondary N) is 2. The Morgan fingerprint density at radius 3 is 2.82 bits per heavy atom. The Kier molecular flexibility index (Phi) is 3.13. The van der Waals surface area contributed by atoms with Gasteiger partial charge in [-0.05, 0) is 18.9 Å². The van der Waals surface area contributed by atoms with Crippen molar-refractivity contribution in [3.8, 4) is 0 Å². The van der Waals surface area contributed by atoms with E-state index < -0.39 is 0 Å². The van der Waals surface area contributed by atoms with Gasteiger partial charge in [-0.1, -0.05) is 13.8 Å².